The third-order valence-electron chi connectivity index (χ3n) is 3.90. The molecular formula is C17H20ClNO3. The zero-order valence-electron chi connectivity index (χ0n) is 12.6. The first-order valence-corrected chi connectivity index (χ1v) is 7.70. The number of nitrogens with zero attached hydrogens (tertiary/aromatic N) is 1. The molecule has 1 N–H and O–H groups in total. The van der Waals surface area contributed by atoms with E-state index >= 15 is 0 Å². The number of benzene rings is 1. The number of carbonyl (C=O) groups is 1. The quantitative estimate of drug-likeness (QED) is 0.683. The molecule has 1 aliphatic rings. The van der Waals surface area contributed by atoms with Crippen molar-refractivity contribution in [2.24, 2.45) is 5.92 Å². The molecule has 22 heavy (non-hydrogen) atoms. The number of aliphatic hydroxyl groups excluding tert-OH is 1. The first-order chi connectivity index (χ1) is 10.6. The van der Waals surface area contributed by atoms with Crippen molar-refractivity contribution in [3.63, 3.8) is 0 Å². The van der Waals surface area contributed by atoms with Gasteiger partial charge >= 0.3 is 5.97 Å². The number of ether oxygens (including phenoxy) is 1. The number of hydrogen-bond donors (Lipinski definition) is 1. The molecule has 0 spiro atoms. The summed E-state index contributed by atoms with van der Waals surface area (Å²) in [7, 11) is 1.30. The second-order valence-corrected chi connectivity index (χ2v) is 5.83. The Labute approximate surface area is 136 Å². The van der Waals surface area contributed by atoms with Crippen LogP contribution < -0.4 is 0 Å². The second-order valence-electron chi connectivity index (χ2n) is 5.39. The lowest BCUT2D eigenvalue weighted by atomic mass is 9.91. The average Bonchev–Trinajstić information content (AvgIpc) is 2.56. The van der Waals surface area contributed by atoms with Crippen molar-refractivity contribution in [2.45, 2.75) is 18.9 Å². The number of aliphatic hydroxyl groups is 1. The van der Waals surface area contributed by atoms with Gasteiger partial charge in [0.15, 0.2) is 6.10 Å². The summed E-state index contributed by atoms with van der Waals surface area (Å²) >= 11 is 5.83. The summed E-state index contributed by atoms with van der Waals surface area (Å²) in [4.78, 5) is 13.6. The minimum atomic E-state index is -1.01. The molecule has 0 amide bonds. The van der Waals surface area contributed by atoms with Crippen molar-refractivity contribution in [2.75, 3.05) is 26.7 Å². The maximum absolute atomic E-state index is 11.3. The van der Waals surface area contributed by atoms with Crippen LogP contribution in [0.1, 0.15) is 18.4 Å². The van der Waals surface area contributed by atoms with Crippen molar-refractivity contribution < 1.29 is 14.6 Å². The fourth-order valence-corrected chi connectivity index (χ4v) is 2.65. The highest BCUT2D eigenvalue weighted by molar-refractivity contribution is 6.30. The SMILES string of the molecule is COC(=O)C(O)C1CCN(CC#Cc2ccc(Cl)cc2)CC1. The van der Waals surface area contributed by atoms with E-state index in [4.69, 9.17) is 11.6 Å². The van der Waals surface area contributed by atoms with Gasteiger partial charge in [-0.3, -0.25) is 4.90 Å². The summed E-state index contributed by atoms with van der Waals surface area (Å²) in [5, 5.41) is 10.5. The molecule has 1 aromatic rings. The zero-order chi connectivity index (χ0) is 15.9. The number of hydrogen-bond acceptors (Lipinski definition) is 4. The van der Waals surface area contributed by atoms with Gasteiger partial charge in [-0.2, -0.15) is 0 Å². The molecule has 1 fully saturated rings. The number of rotatable bonds is 3. The van der Waals surface area contributed by atoms with Crippen LogP contribution in [0.5, 0.6) is 0 Å². The van der Waals surface area contributed by atoms with Crippen molar-refractivity contribution >= 4 is 17.6 Å². The van der Waals surface area contributed by atoms with Crippen molar-refractivity contribution in [1.82, 2.24) is 4.90 Å². The Hall–Kier alpha value is -1.54. The zero-order valence-corrected chi connectivity index (χ0v) is 13.3. The highest BCUT2D eigenvalue weighted by Crippen LogP contribution is 2.21. The van der Waals surface area contributed by atoms with Crippen molar-refractivity contribution in [1.29, 1.82) is 0 Å². The van der Waals surface area contributed by atoms with Gasteiger partial charge in [0.2, 0.25) is 0 Å². The minimum absolute atomic E-state index is 0.0204. The van der Waals surface area contributed by atoms with E-state index in [-0.39, 0.29) is 5.92 Å². The van der Waals surface area contributed by atoms with Gasteiger partial charge in [-0.15, -0.1) is 0 Å². The third-order valence-corrected chi connectivity index (χ3v) is 4.15. The highest BCUT2D eigenvalue weighted by Gasteiger charge is 2.30. The van der Waals surface area contributed by atoms with E-state index in [1.807, 2.05) is 24.3 Å². The molecule has 1 saturated heterocycles. The summed E-state index contributed by atoms with van der Waals surface area (Å²) < 4.78 is 4.58. The maximum Gasteiger partial charge on any atom is 0.334 e. The van der Waals surface area contributed by atoms with Crippen LogP contribution in [0, 0.1) is 17.8 Å². The van der Waals surface area contributed by atoms with E-state index in [2.05, 4.69) is 21.5 Å². The standard InChI is InChI=1S/C17H20ClNO3/c1-22-17(21)16(20)14-8-11-19(12-9-14)10-2-3-13-4-6-15(18)7-5-13/h4-7,14,16,20H,8-12H2,1H3. The number of halogens is 1. The predicted octanol–water partition coefficient (Wildman–Crippen LogP) is 1.94. The number of methoxy groups -OCH3 is 1. The normalized spacial score (nSPS) is 17.4. The van der Waals surface area contributed by atoms with Gasteiger partial charge in [0, 0.05) is 10.6 Å². The molecule has 1 aliphatic heterocycles. The fraction of sp³-hybridized carbons (Fsp3) is 0.471. The summed E-state index contributed by atoms with van der Waals surface area (Å²) in [6, 6.07) is 7.44. The van der Waals surface area contributed by atoms with E-state index in [0.717, 1.165) is 31.5 Å². The Morgan fingerprint density at radius 3 is 2.64 bits per heavy atom. The molecule has 0 radical (unpaired) electrons. The lowest BCUT2D eigenvalue weighted by Crippen LogP contribution is -2.40. The molecule has 0 aliphatic carbocycles. The second kappa shape index (κ2) is 8.19. The Morgan fingerprint density at radius 2 is 2.05 bits per heavy atom. The molecule has 0 saturated carbocycles. The van der Waals surface area contributed by atoms with Crippen LogP contribution in [0.2, 0.25) is 5.02 Å². The molecule has 2 rings (SSSR count). The van der Waals surface area contributed by atoms with E-state index in [1.54, 1.807) is 0 Å². The topological polar surface area (TPSA) is 49.8 Å². The summed E-state index contributed by atoms with van der Waals surface area (Å²) in [6.45, 7) is 2.34. The van der Waals surface area contributed by atoms with Crippen molar-refractivity contribution in [3.8, 4) is 11.8 Å². The first-order valence-electron chi connectivity index (χ1n) is 7.33. The molecule has 1 aromatic carbocycles. The number of esters is 1. The van der Waals surface area contributed by atoms with E-state index in [1.165, 1.54) is 7.11 Å². The average molecular weight is 322 g/mol. The van der Waals surface area contributed by atoms with E-state index < -0.39 is 12.1 Å². The monoisotopic (exact) mass is 321 g/mol. The highest BCUT2D eigenvalue weighted by atomic mass is 35.5. The maximum atomic E-state index is 11.3. The number of likely N-dealkylation sites (tertiary alicyclic amines) is 1. The van der Waals surface area contributed by atoms with Crippen LogP contribution >= 0.6 is 11.6 Å². The summed E-state index contributed by atoms with van der Waals surface area (Å²) in [5.41, 5.74) is 0.945. The molecule has 0 bridgehead atoms. The van der Waals surface area contributed by atoms with E-state index in [9.17, 15) is 9.90 Å². The van der Waals surface area contributed by atoms with Crippen LogP contribution in [0.25, 0.3) is 0 Å². The van der Waals surface area contributed by atoms with Gasteiger partial charge in [-0.1, -0.05) is 23.4 Å². The largest absolute Gasteiger partial charge is 0.467 e. The molecule has 5 heteroatoms. The number of piperidine rings is 1. The van der Waals surface area contributed by atoms with Crippen LogP contribution in [-0.4, -0.2) is 48.8 Å². The fourth-order valence-electron chi connectivity index (χ4n) is 2.53. The molecule has 118 valence electrons. The molecule has 0 aromatic heterocycles. The summed E-state index contributed by atoms with van der Waals surface area (Å²) in [6.07, 6.45) is 0.546. The predicted molar refractivity (Wildman–Crippen MR) is 85.5 cm³/mol. The minimum Gasteiger partial charge on any atom is -0.467 e. The van der Waals surface area contributed by atoms with Crippen LogP contribution in [0.3, 0.4) is 0 Å². The van der Waals surface area contributed by atoms with Gasteiger partial charge < -0.3 is 9.84 Å². The van der Waals surface area contributed by atoms with Crippen LogP contribution in [0.4, 0.5) is 0 Å². The van der Waals surface area contributed by atoms with Crippen LogP contribution in [0.15, 0.2) is 24.3 Å². The van der Waals surface area contributed by atoms with Gasteiger partial charge in [0.05, 0.1) is 13.7 Å². The van der Waals surface area contributed by atoms with Gasteiger partial charge in [-0.25, -0.2) is 4.79 Å². The molecule has 4 nitrogen and oxygen atoms in total. The molecule has 1 heterocycles. The molecule has 1 unspecified atom stereocenters. The molecule has 1 atom stereocenters. The Morgan fingerprint density at radius 1 is 1.41 bits per heavy atom. The number of carbonyl (C=O) groups excluding carboxylic acids is 1. The van der Waals surface area contributed by atoms with Crippen molar-refractivity contribution in [3.05, 3.63) is 34.9 Å². The lowest BCUT2D eigenvalue weighted by Gasteiger charge is -2.32. The van der Waals surface area contributed by atoms with Gasteiger partial charge in [0.25, 0.3) is 0 Å². The third kappa shape index (κ3) is 4.74. The van der Waals surface area contributed by atoms with Gasteiger partial charge in [0.1, 0.15) is 0 Å². The van der Waals surface area contributed by atoms with Crippen LogP contribution in [-0.2, 0) is 9.53 Å². The first kappa shape index (κ1) is 16.8. The Kier molecular flexibility index (Phi) is 6.26. The lowest BCUT2D eigenvalue weighted by molar-refractivity contribution is -0.154. The van der Waals surface area contributed by atoms with E-state index in [0.29, 0.717) is 11.6 Å². The Bertz CT molecular complexity index is 554. The molecular weight excluding hydrogens is 302 g/mol. The Balaban J connectivity index is 1.78. The van der Waals surface area contributed by atoms with Gasteiger partial charge in [-0.05, 0) is 56.1 Å². The smallest absolute Gasteiger partial charge is 0.334 e. The summed E-state index contributed by atoms with van der Waals surface area (Å²) in [5.74, 6) is 5.69.